The first-order chi connectivity index (χ1) is 13.3. The summed E-state index contributed by atoms with van der Waals surface area (Å²) in [7, 11) is 0. The van der Waals surface area contributed by atoms with Gasteiger partial charge in [0.05, 0.1) is 16.8 Å². The van der Waals surface area contributed by atoms with E-state index in [1.165, 1.54) is 0 Å². The lowest BCUT2D eigenvalue weighted by Gasteiger charge is -2.08. The molecule has 0 amide bonds. The smallest absolute Gasteiger partial charge is 0.416 e. The maximum absolute atomic E-state index is 12.5. The zero-order valence-electron chi connectivity index (χ0n) is 14.3. The van der Waals surface area contributed by atoms with Crippen molar-refractivity contribution in [2.24, 2.45) is 4.99 Å². The van der Waals surface area contributed by atoms with Crippen molar-refractivity contribution in [1.29, 1.82) is 0 Å². The summed E-state index contributed by atoms with van der Waals surface area (Å²) in [6, 6.07) is 17.4. The van der Waals surface area contributed by atoms with Gasteiger partial charge in [-0.3, -0.25) is 4.99 Å². The lowest BCUT2D eigenvalue weighted by atomic mass is 10.1. The first-order valence-corrected chi connectivity index (χ1v) is 8.48. The molecule has 0 radical (unpaired) electrons. The van der Waals surface area contributed by atoms with E-state index in [1.54, 1.807) is 54.7 Å². The Hall–Kier alpha value is -3.12. The van der Waals surface area contributed by atoms with Gasteiger partial charge in [0.1, 0.15) is 5.75 Å². The summed E-state index contributed by atoms with van der Waals surface area (Å²) in [6.07, 6.45) is -2.81. The molecule has 0 N–H and O–H groups in total. The number of hydrogen-bond donors (Lipinski definition) is 0. The number of rotatable bonds is 4. The Balaban J connectivity index is 1.64. The Morgan fingerprint density at radius 2 is 1.50 bits per heavy atom. The topological polar surface area (TPSA) is 38.7 Å². The van der Waals surface area contributed by atoms with Crippen LogP contribution in [0.2, 0.25) is 5.02 Å². The summed E-state index contributed by atoms with van der Waals surface area (Å²) in [4.78, 5) is 16.4. The zero-order valence-corrected chi connectivity index (χ0v) is 15.0. The number of ether oxygens (including phenoxy) is 1. The number of benzene rings is 3. The molecule has 0 saturated carbocycles. The van der Waals surface area contributed by atoms with E-state index in [1.807, 2.05) is 0 Å². The van der Waals surface area contributed by atoms with Crippen molar-refractivity contribution in [3.05, 3.63) is 94.5 Å². The molecule has 3 aromatic rings. The van der Waals surface area contributed by atoms with Crippen LogP contribution < -0.4 is 4.74 Å². The van der Waals surface area contributed by atoms with Gasteiger partial charge < -0.3 is 4.74 Å². The SMILES string of the molecule is O=C(Oc1ccc(C(F)(F)F)cc1)c1ccc(C=Nc2ccc(Cl)cc2)cc1. The normalized spacial score (nSPS) is 11.6. The number of nitrogens with zero attached hydrogens (tertiary/aromatic N) is 1. The molecule has 3 rings (SSSR count). The van der Waals surface area contributed by atoms with Gasteiger partial charge in [-0.05, 0) is 66.2 Å². The third-order valence-electron chi connectivity index (χ3n) is 3.73. The predicted molar refractivity (Wildman–Crippen MR) is 102 cm³/mol. The van der Waals surface area contributed by atoms with Crippen LogP contribution in [0, 0.1) is 0 Å². The Morgan fingerprint density at radius 3 is 2.07 bits per heavy atom. The van der Waals surface area contributed by atoms with Crippen LogP contribution in [-0.2, 0) is 6.18 Å². The predicted octanol–water partition coefficient (Wildman–Crippen LogP) is 6.33. The van der Waals surface area contributed by atoms with Gasteiger partial charge in [0, 0.05) is 11.2 Å². The molecule has 0 fully saturated rings. The maximum atomic E-state index is 12.5. The molecule has 0 aliphatic rings. The van der Waals surface area contributed by atoms with Crippen LogP contribution in [0.1, 0.15) is 21.5 Å². The fraction of sp³-hybridized carbons (Fsp3) is 0.0476. The van der Waals surface area contributed by atoms with E-state index in [2.05, 4.69) is 4.99 Å². The molecule has 7 heteroatoms. The fourth-order valence-electron chi connectivity index (χ4n) is 2.26. The van der Waals surface area contributed by atoms with Gasteiger partial charge in [0.25, 0.3) is 0 Å². The second kappa shape index (κ2) is 8.27. The van der Waals surface area contributed by atoms with Gasteiger partial charge in [0.15, 0.2) is 0 Å². The molecule has 0 unspecified atom stereocenters. The molecule has 0 heterocycles. The van der Waals surface area contributed by atoms with E-state index in [9.17, 15) is 18.0 Å². The van der Waals surface area contributed by atoms with E-state index in [4.69, 9.17) is 16.3 Å². The molecule has 0 aliphatic carbocycles. The highest BCUT2D eigenvalue weighted by molar-refractivity contribution is 6.30. The molecule has 0 spiro atoms. The number of esters is 1. The second-order valence-corrected chi connectivity index (χ2v) is 6.20. The number of hydrogen-bond acceptors (Lipinski definition) is 3. The van der Waals surface area contributed by atoms with Gasteiger partial charge in [0.2, 0.25) is 0 Å². The number of carbonyl (C=O) groups excluding carboxylic acids is 1. The number of alkyl halides is 3. The van der Waals surface area contributed by atoms with Crippen molar-refractivity contribution in [2.45, 2.75) is 6.18 Å². The Morgan fingerprint density at radius 1 is 0.893 bits per heavy atom. The maximum Gasteiger partial charge on any atom is 0.416 e. The van der Waals surface area contributed by atoms with Crippen LogP contribution in [0.15, 0.2) is 77.8 Å². The monoisotopic (exact) mass is 403 g/mol. The van der Waals surface area contributed by atoms with Crippen LogP contribution in [0.3, 0.4) is 0 Å². The van der Waals surface area contributed by atoms with E-state index < -0.39 is 17.7 Å². The van der Waals surface area contributed by atoms with E-state index in [-0.39, 0.29) is 11.3 Å². The van der Waals surface area contributed by atoms with Crippen molar-refractivity contribution < 1.29 is 22.7 Å². The van der Waals surface area contributed by atoms with Crippen molar-refractivity contribution >= 4 is 29.5 Å². The standard InChI is InChI=1S/C21H13ClF3NO2/c22-17-7-9-18(10-8-17)26-13-14-1-3-15(4-2-14)20(27)28-19-11-5-16(6-12-19)21(23,24)25/h1-13H. The Labute approximate surface area is 164 Å². The van der Waals surface area contributed by atoms with Gasteiger partial charge >= 0.3 is 12.1 Å². The molecule has 3 aromatic carbocycles. The molecule has 3 nitrogen and oxygen atoms in total. The summed E-state index contributed by atoms with van der Waals surface area (Å²) in [6.45, 7) is 0. The third kappa shape index (κ3) is 5.20. The largest absolute Gasteiger partial charge is 0.423 e. The van der Waals surface area contributed by atoms with Crippen LogP contribution in [0.5, 0.6) is 5.75 Å². The highest BCUT2D eigenvalue weighted by Crippen LogP contribution is 2.30. The van der Waals surface area contributed by atoms with Crippen molar-refractivity contribution in [2.75, 3.05) is 0 Å². The van der Waals surface area contributed by atoms with Crippen LogP contribution in [-0.4, -0.2) is 12.2 Å². The summed E-state index contributed by atoms with van der Waals surface area (Å²) in [5.74, 6) is -0.632. The molecular weight excluding hydrogens is 391 g/mol. The minimum Gasteiger partial charge on any atom is -0.423 e. The van der Waals surface area contributed by atoms with E-state index in [0.29, 0.717) is 5.02 Å². The first kappa shape index (κ1) is 19.6. The first-order valence-electron chi connectivity index (χ1n) is 8.10. The van der Waals surface area contributed by atoms with Gasteiger partial charge in [-0.2, -0.15) is 13.2 Å². The van der Waals surface area contributed by atoms with Crippen LogP contribution >= 0.6 is 11.6 Å². The number of aliphatic imine (C=N–C) groups is 1. The van der Waals surface area contributed by atoms with Gasteiger partial charge in [-0.1, -0.05) is 23.7 Å². The lowest BCUT2D eigenvalue weighted by molar-refractivity contribution is -0.137. The van der Waals surface area contributed by atoms with E-state index >= 15 is 0 Å². The van der Waals surface area contributed by atoms with E-state index in [0.717, 1.165) is 35.5 Å². The lowest BCUT2D eigenvalue weighted by Crippen LogP contribution is -2.09. The van der Waals surface area contributed by atoms with Gasteiger partial charge in [-0.15, -0.1) is 0 Å². The summed E-state index contributed by atoms with van der Waals surface area (Å²) in [5.41, 5.74) is 0.955. The molecular formula is C21H13ClF3NO2. The molecule has 142 valence electrons. The van der Waals surface area contributed by atoms with Crippen molar-refractivity contribution in [3.8, 4) is 5.75 Å². The molecule has 28 heavy (non-hydrogen) atoms. The number of carbonyl (C=O) groups is 1. The molecule has 0 bridgehead atoms. The van der Waals surface area contributed by atoms with Gasteiger partial charge in [-0.25, -0.2) is 4.79 Å². The highest BCUT2D eigenvalue weighted by Gasteiger charge is 2.30. The Kier molecular flexibility index (Phi) is 5.80. The zero-order chi connectivity index (χ0) is 20.1. The molecule has 0 aromatic heterocycles. The van der Waals surface area contributed by atoms with Crippen LogP contribution in [0.4, 0.5) is 18.9 Å². The molecule has 0 atom stereocenters. The van der Waals surface area contributed by atoms with Crippen molar-refractivity contribution in [3.63, 3.8) is 0 Å². The average Bonchev–Trinajstić information content (AvgIpc) is 2.67. The quantitative estimate of drug-likeness (QED) is 0.290. The molecule has 0 aliphatic heterocycles. The molecule has 0 saturated heterocycles. The minimum atomic E-state index is -4.44. The third-order valence-corrected chi connectivity index (χ3v) is 3.98. The van der Waals surface area contributed by atoms with Crippen LogP contribution in [0.25, 0.3) is 0 Å². The summed E-state index contributed by atoms with van der Waals surface area (Å²) >= 11 is 5.82. The average molecular weight is 404 g/mol. The Bertz CT molecular complexity index is 980. The summed E-state index contributed by atoms with van der Waals surface area (Å²) < 4.78 is 42.7. The fourth-order valence-corrected chi connectivity index (χ4v) is 2.39. The highest BCUT2D eigenvalue weighted by atomic mass is 35.5. The summed E-state index contributed by atoms with van der Waals surface area (Å²) in [5, 5.41) is 0.620. The second-order valence-electron chi connectivity index (χ2n) is 5.77. The minimum absolute atomic E-state index is 0.0337. The number of halogens is 4. The van der Waals surface area contributed by atoms with Crippen molar-refractivity contribution in [1.82, 2.24) is 0 Å².